The van der Waals surface area contributed by atoms with Gasteiger partial charge in [0.1, 0.15) is 5.75 Å². The van der Waals surface area contributed by atoms with Gasteiger partial charge < -0.3 is 14.5 Å². The second kappa shape index (κ2) is 9.53. The molecule has 1 amide bonds. The van der Waals surface area contributed by atoms with Gasteiger partial charge in [-0.3, -0.25) is 4.79 Å². The minimum atomic E-state index is 0.244. The van der Waals surface area contributed by atoms with Gasteiger partial charge in [0, 0.05) is 29.4 Å². The molecule has 2 saturated heterocycles. The molecule has 27 heavy (non-hydrogen) atoms. The van der Waals surface area contributed by atoms with E-state index in [0.717, 1.165) is 43.4 Å². The summed E-state index contributed by atoms with van der Waals surface area (Å²) >= 11 is 7.93. The van der Waals surface area contributed by atoms with Crippen LogP contribution in [0.25, 0.3) is 0 Å². The fourth-order valence-corrected chi connectivity index (χ4v) is 5.42. The SMILES string of the molecule is CCOc1ccc(Cl)c(CC2CCN(CC3CN(C(C)C)C(=O)S3)CC2)c1. The van der Waals surface area contributed by atoms with Gasteiger partial charge in [-0.25, -0.2) is 0 Å². The Kier molecular flexibility index (Phi) is 7.35. The third kappa shape index (κ3) is 5.55. The third-order valence-electron chi connectivity index (χ3n) is 5.53. The van der Waals surface area contributed by atoms with Gasteiger partial charge >= 0.3 is 0 Å². The van der Waals surface area contributed by atoms with Crippen molar-refractivity contribution in [2.75, 3.05) is 32.8 Å². The molecule has 1 aromatic carbocycles. The second-order valence-corrected chi connectivity index (χ2v) is 9.55. The number of likely N-dealkylation sites (tertiary alicyclic amines) is 1. The number of thioether (sulfide) groups is 1. The summed E-state index contributed by atoms with van der Waals surface area (Å²) in [7, 11) is 0. The van der Waals surface area contributed by atoms with Crippen LogP contribution in [0, 0.1) is 5.92 Å². The first-order valence-corrected chi connectivity index (χ1v) is 11.3. The first-order valence-electron chi connectivity index (χ1n) is 10.1. The van der Waals surface area contributed by atoms with Crippen molar-refractivity contribution in [1.29, 1.82) is 0 Å². The Labute approximate surface area is 172 Å². The van der Waals surface area contributed by atoms with Crippen molar-refractivity contribution >= 4 is 28.6 Å². The average molecular weight is 411 g/mol. The molecule has 0 saturated carbocycles. The number of hydrogen-bond acceptors (Lipinski definition) is 4. The largest absolute Gasteiger partial charge is 0.494 e. The van der Waals surface area contributed by atoms with Gasteiger partial charge in [-0.2, -0.15) is 0 Å². The van der Waals surface area contributed by atoms with Gasteiger partial charge in [0.2, 0.25) is 0 Å². The highest BCUT2D eigenvalue weighted by Crippen LogP contribution is 2.31. The Morgan fingerprint density at radius 2 is 2.04 bits per heavy atom. The maximum Gasteiger partial charge on any atom is 0.282 e. The number of amides is 1. The zero-order valence-corrected chi connectivity index (χ0v) is 18.2. The molecule has 2 heterocycles. The van der Waals surface area contributed by atoms with E-state index in [9.17, 15) is 4.79 Å². The summed E-state index contributed by atoms with van der Waals surface area (Å²) in [6, 6.07) is 6.29. The van der Waals surface area contributed by atoms with Crippen molar-refractivity contribution in [2.24, 2.45) is 5.92 Å². The van der Waals surface area contributed by atoms with E-state index in [-0.39, 0.29) is 5.24 Å². The van der Waals surface area contributed by atoms with Crippen LogP contribution in [0.3, 0.4) is 0 Å². The summed E-state index contributed by atoms with van der Waals surface area (Å²) in [6.45, 7) is 11.0. The topological polar surface area (TPSA) is 32.8 Å². The van der Waals surface area contributed by atoms with Crippen molar-refractivity contribution in [3.8, 4) is 5.75 Å². The molecule has 0 N–H and O–H groups in total. The highest BCUT2D eigenvalue weighted by atomic mass is 35.5. The lowest BCUT2D eigenvalue weighted by molar-refractivity contribution is 0.176. The molecule has 2 aliphatic heterocycles. The Morgan fingerprint density at radius 1 is 1.30 bits per heavy atom. The molecule has 3 rings (SSSR count). The van der Waals surface area contributed by atoms with E-state index in [2.05, 4.69) is 24.8 Å². The van der Waals surface area contributed by atoms with E-state index in [1.165, 1.54) is 30.2 Å². The van der Waals surface area contributed by atoms with E-state index in [1.54, 1.807) is 0 Å². The van der Waals surface area contributed by atoms with Gasteiger partial charge in [-0.15, -0.1) is 0 Å². The molecule has 6 heteroatoms. The zero-order valence-electron chi connectivity index (χ0n) is 16.6. The number of halogens is 1. The fraction of sp³-hybridized carbons (Fsp3) is 0.667. The van der Waals surface area contributed by atoms with Crippen LogP contribution in [0.4, 0.5) is 4.79 Å². The van der Waals surface area contributed by atoms with Crippen LogP contribution in [0.15, 0.2) is 18.2 Å². The maximum atomic E-state index is 12.1. The molecular formula is C21H31ClN2O2S. The monoisotopic (exact) mass is 410 g/mol. The minimum Gasteiger partial charge on any atom is -0.494 e. The predicted octanol–water partition coefficient (Wildman–Crippen LogP) is 4.94. The van der Waals surface area contributed by atoms with Crippen LogP contribution >= 0.6 is 23.4 Å². The molecule has 1 unspecified atom stereocenters. The van der Waals surface area contributed by atoms with E-state index in [1.807, 2.05) is 24.0 Å². The molecule has 1 aromatic rings. The van der Waals surface area contributed by atoms with Gasteiger partial charge in [0.05, 0.1) is 6.61 Å². The summed E-state index contributed by atoms with van der Waals surface area (Å²) in [6.07, 6.45) is 3.40. The van der Waals surface area contributed by atoms with Gasteiger partial charge in [-0.05, 0) is 82.8 Å². The molecule has 0 bridgehead atoms. The smallest absolute Gasteiger partial charge is 0.282 e. The minimum absolute atomic E-state index is 0.244. The molecular weight excluding hydrogens is 380 g/mol. The van der Waals surface area contributed by atoms with Crippen LogP contribution in [0.2, 0.25) is 5.02 Å². The summed E-state index contributed by atoms with van der Waals surface area (Å²) in [5.74, 6) is 1.58. The molecule has 4 nitrogen and oxygen atoms in total. The molecule has 0 radical (unpaired) electrons. The number of hydrogen-bond donors (Lipinski definition) is 0. The number of ether oxygens (including phenoxy) is 1. The van der Waals surface area contributed by atoms with Crippen molar-refractivity contribution in [1.82, 2.24) is 9.80 Å². The number of carbonyl (C=O) groups excluding carboxylic acids is 1. The zero-order chi connectivity index (χ0) is 19.4. The van der Waals surface area contributed by atoms with Crippen molar-refractivity contribution in [2.45, 2.75) is 51.3 Å². The summed E-state index contributed by atoms with van der Waals surface area (Å²) in [4.78, 5) is 16.6. The first-order chi connectivity index (χ1) is 13.0. The van der Waals surface area contributed by atoms with Gasteiger partial charge in [0.15, 0.2) is 0 Å². The molecule has 150 valence electrons. The van der Waals surface area contributed by atoms with E-state index in [4.69, 9.17) is 16.3 Å². The number of benzene rings is 1. The van der Waals surface area contributed by atoms with Crippen LogP contribution in [-0.2, 0) is 6.42 Å². The van der Waals surface area contributed by atoms with Crippen LogP contribution in [0.1, 0.15) is 39.2 Å². The molecule has 1 atom stereocenters. The van der Waals surface area contributed by atoms with Crippen LogP contribution in [0.5, 0.6) is 5.75 Å². The third-order valence-corrected chi connectivity index (χ3v) is 6.97. The maximum absolute atomic E-state index is 12.1. The Hall–Kier alpha value is -0.910. The standard InChI is InChI=1S/C21H31ClN2O2S/c1-4-26-18-5-6-20(22)17(12-18)11-16-7-9-23(10-8-16)13-19-14-24(15(2)3)21(25)27-19/h5-6,12,15-16,19H,4,7-11,13-14H2,1-3H3. The number of rotatable bonds is 7. The molecule has 2 fully saturated rings. The summed E-state index contributed by atoms with van der Waals surface area (Å²) in [5, 5.41) is 1.50. The fourth-order valence-electron chi connectivity index (χ4n) is 3.99. The highest BCUT2D eigenvalue weighted by Gasteiger charge is 2.33. The molecule has 2 aliphatic rings. The lowest BCUT2D eigenvalue weighted by Gasteiger charge is -2.33. The van der Waals surface area contributed by atoms with Crippen LogP contribution in [-0.4, -0.2) is 59.1 Å². The summed E-state index contributed by atoms with van der Waals surface area (Å²) < 4.78 is 5.62. The van der Waals surface area contributed by atoms with E-state index in [0.29, 0.717) is 23.8 Å². The number of carbonyl (C=O) groups is 1. The van der Waals surface area contributed by atoms with E-state index >= 15 is 0 Å². The van der Waals surface area contributed by atoms with Crippen molar-refractivity contribution < 1.29 is 9.53 Å². The van der Waals surface area contributed by atoms with E-state index < -0.39 is 0 Å². The number of piperidine rings is 1. The van der Waals surface area contributed by atoms with Crippen LogP contribution < -0.4 is 4.74 Å². The normalized spacial score (nSPS) is 22.0. The van der Waals surface area contributed by atoms with Gasteiger partial charge in [0.25, 0.3) is 5.24 Å². The lowest BCUT2D eigenvalue weighted by atomic mass is 9.90. The molecule has 0 aromatic heterocycles. The lowest BCUT2D eigenvalue weighted by Crippen LogP contribution is -2.40. The Morgan fingerprint density at radius 3 is 2.67 bits per heavy atom. The van der Waals surface area contributed by atoms with Crippen molar-refractivity contribution in [3.05, 3.63) is 28.8 Å². The predicted molar refractivity (Wildman–Crippen MR) is 114 cm³/mol. The number of nitrogens with zero attached hydrogens (tertiary/aromatic N) is 2. The first kappa shape index (κ1) is 20.8. The quantitative estimate of drug-likeness (QED) is 0.637. The Balaban J connectivity index is 1.47. The van der Waals surface area contributed by atoms with Gasteiger partial charge in [-0.1, -0.05) is 23.4 Å². The molecule has 0 aliphatic carbocycles. The molecule has 0 spiro atoms. The average Bonchev–Trinajstić information content (AvgIpc) is 3.00. The van der Waals surface area contributed by atoms with Crippen molar-refractivity contribution in [3.63, 3.8) is 0 Å². The second-order valence-electron chi connectivity index (χ2n) is 7.89. The summed E-state index contributed by atoms with van der Waals surface area (Å²) in [5.41, 5.74) is 1.20. The highest BCUT2D eigenvalue weighted by molar-refractivity contribution is 8.14. The Bertz CT molecular complexity index is 647.